The van der Waals surface area contributed by atoms with E-state index in [9.17, 15) is 14.9 Å². The Hall–Kier alpha value is -3.74. The number of thiophene rings is 1. The number of thiocarbonyl (C=S) groups is 1. The van der Waals surface area contributed by atoms with Crippen LogP contribution >= 0.6 is 23.6 Å². The van der Waals surface area contributed by atoms with Crippen molar-refractivity contribution in [3.8, 4) is 16.8 Å². The third kappa shape index (κ3) is 4.37. The van der Waals surface area contributed by atoms with Crippen LogP contribution < -0.4 is 15.0 Å². The molecule has 1 aromatic carbocycles. The van der Waals surface area contributed by atoms with E-state index in [0.717, 1.165) is 53.2 Å². The van der Waals surface area contributed by atoms with Gasteiger partial charge >= 0.3 is 0 Å². The summed E-state index contributed by atoms with van der Waals surface area (Å²) in [5.41, 5.74) is 4.93. The van der Waals surface area contributed by atoms with Gasteiger partial charge in [0, 0.05) is 22.3 Å². The van der Waals surface area contributed by atoms with Gasteiger partial charge in [0.05, 0.1) is 17.9 Å². The first-order valence-corrected chi connectivity index (χ1v) is 13.4. The predicted molar refractivity (Wildman–Crippen MR) is 148 cm³/mol. The average molecular weight is 531 g/mol. The fourth-order valence-electron chi connectivity index (χ4n) is 5.00. The number of rotatable bonds is 5. The summed E-state index contributed by atoms with van der Waals surface area (Å²) in [4.78, 5) is 29.0. The Labute approximate surface area is 225 Å². The monoisotopic (exact) mass is 530 g/mol. The number of benzene rings is 1. The van der Waals surface area contributed by atoms with Crippen LogP contribution in [0.4, 0.5) is 5.69 Å². The fourth-order valence-corrected chi connectivity index (χ4v) is 6.73. The molecule has 2 aromatic heterocycles. The lowest BCUT2D eigenvalue weighted by Crippen LogP contribution is -2.54. The normalized spacial score (nSPS) is 16.5. The minimum absolute atomic E-state index is 0.0124. The van der Waals surface area contributed by atoms with Crippen molar-refractivity contribution < 1.29 is 14.3 Å². The topological polar surface area (TPSA) is 87.4 Å². The Balaban J connectivity index is 1.55. The maximum absolute atomic E-state index is 13.5. The second-order valence-electron chi connectivity index (χ2n) is 9.05. The smallest absolute Gasteiger partial charge is 0.270 e. The van der Waals surface area contributed by atoms with Crippen molar-refractivity contribution in [2.24, 2.45) is 0 Å². The molecule has 0 atom stereocenters. The van der Waals surface area contributed by atoms with Crippen molar-refractivity contribution in [1.82, 2.24) is 9.88 Å². The first-order chi connectivity index (χ1) is 17.8. The molecule has 5 rings (SSSR count). The summed E-state index contributed by atoms with van der Waals surface area (Å²) in [6, 6.07) is 11.4. The van der Waals surface area contributed by atoms with Gasteiger partial charge in [0.1, 0.15) is 22.4 Å². The molecule has 37 heavy (non-hydrogen) atoms. The number of carbonyl (C=O) groups is 2. The number of carbonyl (C=O) groups excluding carboxylic acids is 2. The second-order valence-corrected chi connectivity index (χ2v) is 10.5. The van der Waals surface area contributed by atoms with Crippen molar-refractivity contribution in [1.29, 1.82) is 5.26 Å². The molecular formula is C28H26N4O3S2. The number of anilines is 1. The lowest BCUT2D eigenvalue weighted by atomic mass is 9.96. The number of hydrogen-bond donors (Lipinski definition) is 1. The number of nitriles is 1. The van der Waals surface area contributed by atoms with Gasteiger partial charge in [0.25, 0.3) is 11.8 Å². The molecule has 9 heteroatoms. The van der Waals surface area contributed by atoms with Crippen LogP contribution in [0.15, 0.2) is 35.9 Å². The van der Waals surface area contributed by atoms with Crippen LogP contribution in [0.25, 0.3) is 11.1 Å². The quantitative estimate of drug-likeness (QED) is 0.281. The Bertz CT molecular complexity index is 1520. The number of hydrogen-bond acceptors (Lipinski definition) is 6. The third-order valence-corrected chi connectivity index (χ3v) is 8.29. The van der Waals surface area contributed by atoms with Crippen molar-refractivity contribution in [3.63, 3.8) is 0 Å². The molecule has 188 valence electrons. The van der Waals surface area contributed by atoms with Gasteiger partial charge in [-0.2, -0.15) is 5.26 Å². The molecular weight excluding hydrogens is 504 g/mol. The molecule has 1 aliphatic carbocycles. The van der Waals surface area contributed by atoms with Crippen molar-refractivity contribution >= 4 is 52.2 Å². The zero-order valence-electron chi connectivity index (χ0n) is 20.9. The molecule has 0 unspecified atom stereocenters. The van der Waals surface area contributed by atoms with Gasteiger partial charge in [-0.05, 0) is 94.1 Å². The standard InChI is InChI=1S/C28H26N4O3S2/c1-4-35-20-9-7-8-19(14-20)32-26(34)22(25(33)30-28(32)36)13-18-12-16(2)31(17(18)3)27-23(15-29)21-10-5-6-11-24(21)37-27/h7-9,12-14H,4-6,10-11H2,1-3H3,(H,30,33,36)/b22-13+. The summed E-state index contributed by atoms with van der Waals surface area (Å²) < 4.78 is 7.63. The molecule has 3 heterocycles. The molecule has 2 aliphatic rings. The SMILES string of the molecule is CCOc1cccc(N2C(=O)/C(=C/c3cc(C)n(-c4sc5c(c4C#N)CCCC5)c3C)C(=O)NC2=S)c1. The minimum Gasteiger partial charge on any atom is -0.494 e. The summed E-state index contributed by atoms with van der Waals surface area (Å²) in [7, 11) is 0. The molecule has 7 nitrogen and oxygen atoms in total. The van der Waals surface area contributed by atoms with Crippen LogP contribution in [0.5, 0.6) is 5.75 Å². The largest absolute Gasteiger partial charge is 0.494 e. The molecule has 1 aliphatic heterocycles. The van der Waals surface area contributed by atoms with Crippen LogP contribution in [0.2, 0.25) is 0 Å². The van der Waals surface area contributed by atoms with E-state index in [2.05, 4.69) is 16.0 Å². The highest BCUT2D eigenvalue weighted by molar-refractivity contribution is 7.80. The zero-order chi connectivity index (χ0) is 26.3. The van der Waals surface area contributed by atoms with Crippen molar-refractivity contribution in [2.75, 3.05) is 11.5 Å². The number of amides is 2. The highest BCUT2D eigenvalue weighted by Gasteiger charge is 2.35. The Morgan fingerprint density at radius 1 is 1.22 bits per heavy atom. The maximum atomic E-state index is 13.5. The highest BCUT2D eigenvalue weighted by Crippen LogP contribution is 2.38. The highest BCUT2D eigenvalue weighted by atomic mass is 32.1. The van der Waals surface area contributed by atoms with E-state index < -0.39 is 11.8 Å². The zero-order valence-corrected chi connectivity index (χ0v) is 22.5. The molecule has 1 N–H and O–H groups in total. The molecule has 1 saturated heterocycles. The Morgan fingerprint density at radius 2 is 2.00 bits per heavy atom. The van der Waals surface area contributed by atoms with Gasteiger partial charge in [-0.3, -0.25) is 19.8 Å². The second kappa shape index (κ2) is 9.96. The van der Waals surface area contributed by atoms with E-state index in [1.165, 1.54) is 15.3 Å². The average Bonchev–Trinajstić information content (AvgIpc) is 3.37. The van der Waals surface area contributed by atoms with Crippen LogP contribution in [-0.4, -0.2) is 28.1 Å². The molecule has 0 radical (unpaired) electrons. The van der Waals surface area contributed by atoms with Gasteiger partial charge in [-0.1, -0.05) is 6.07 Å². The van der Waals surface area contributed by atoms with Crippen molar-refractivity contribution in [2.45, 2.75) is 46.5 Å². The summed E-state index contributed by atoms with van der Waals surface area (Å²) in [5, 5.41) is 13.5. The molecule has 0 saturated carbocycles. The van der Waals surface area contributed by atoms with Crippen LogP contribution in [0.3, 0.4) is 0 Å². The van der Waals surface area contributed by atoms with E-state index >= 15 is 0 Å². The van der Waals surface area contributed by atoms with Crippen molar-refractivity contribution in [3.05, 3.63) is 68.9 Å². The molecule has 3 aromatic rings. The van der Waals surface area contributed by atoms with Gasteiger partial charge in [-0.15, -0.1) is 11.3 Å². The fraction of sp³-hybridized carbons (Fsp3) is 0.286. The number of nitrogens with zero attached hydrogens (tertiary/aromatic N) is 3. The first-order valence-electron chi connectivity index (χ1n) is 12.2. The molecule has 0 bridgehead atoms. The molecule has 1 fully saturated rings. The van der Waals surface area contributed by atoms with Crippen LogP contribution in [-0.2, 0) is 22.4 Å². The Morgan fingerprint density at radius 3 is 2.76 bits per heavy atom. The van der Waals surface area contributed by atoms with E-state index in [4.69, 9.17) is 17.0 Å². The summed E-state index contributed by atoms with van der Waals surface area (Å²) in [6.45, 7) is 6.28. The molecule has 0 spiro atoms. The van der Waals surface area contributed by atoms with Gasteiger partial charge in [0.15, 0.2) is 5.11 Å². The number of fused-ring (bicyclic) bond motifs is 1. The van der Waals surface area contributed by atoms with E-state index in [1.54, 1.807) is 41.7 Å². The van der Waals surface area contributed by atoms with Crippen LogP contribution in [0.1, 0.15) is 52.7 Å². The minimum atomic E-state index is -0.540. The summed E-state index contributed by atoms with van der Waals surface area (Å²) >= 11 is 7.01. The van der Waals surface area contributed by atoms with E-state index in [0.29, 0.717) is 18.0 Å². The predicted octanol–water partition coefficient (Wildman–Crippen LogP) is 5.14. The lowest BCUT2D eigenvalue weighted by Gasteiger charge is -2.29. The third-order valence-electron chi connectivity index (χ3n) is 6.73. The molecule has 2 amide bonds. The van der Waals surface area contributed by atoms with E-state index in [1.807, 2.05) is 26.8 Å². The summed E-state index contributed by atoms with van der Waals surface area (Å²) in [5.74, 6) is -0.439. The van der Waals surface area contributed by atoms with Gasteiger partial charge in [-0.25, -0.2) is 0 Å². The van der Waals surface area contributed by atoms with Crippen LogP contribution in [0, 0.1) is 25.2 Å². The van der Waals surface area contributed by atoms with Gasteiger partial charge in [0.2, 0.25) is 0 Å². The maximum Gasteiger partial charge on any atom is 0.270 e. The first kappa shape index (κ1) is 24.9. The Kier molecular flexibility index (Phi) is 6.71. The number of aromatic nitrogens is 1. The number of aryl methyl sites for hydroxylation is 2. The van der Waals surface area contributed by atoms with Gasteiger partial charge < -0.3 is 9.30 Å². The number of nitrogens with one attached hydrogen (secondary N) is 1. The lowest BCUT2D eigenvalue weighted by molar-refractivity contribution is -0.122. The number of ether oxygens (including phenoxy) is 1. The summed E-state index contributed by atoms with van der Waals surface area (Å²) in [6.07, 6.45) is 5.78. The van der Waals surface area contributed by atoms with E-state index in [-0.39, 0.29) is 10.7 Å².